The van der Waals surface area contributed by atoms with Crippen LogP contribution < -0.4 is 0 Å². The Morgan fingerprint density at radius 2 is 1.88 bits per heavy atom. The lowest BCUT2D eigenvalue weighted by Gasteiger charge is -2.08. The van der Waals surface area contributed by atoms with Crippen molar-refractivity contribution in [3.63, 3.8) is 0 Å². The van der Waals surface area contributed by atoms with Gasteiger partial charge in [0.15, 0.2) is 0 Å². The van der Waals surface area contributed by atoms with E-state index in [1.807, 2.05) is 0 Å². The molecule has 0 aromatic rings. The van der Waals surface area contributed by atoms with E-state index in [9.17, 15) is 9.59 Å². The van der Waals surface area contributed by atoms with E-state index in [1.54, 1.807) is 6.92 Å². The van der Waals surface area contributed by atoms with E-state index >= 15 is 0 Å². The van der Waals surface area contributed by atoms with E-state index in [2.05, 4.69) is 13.2 Å². The lowest BCUT2D eigenvalue weighted by atomic mass is 10.1. The number of aliphatic hydroxyl groups excluding tert-OH is 1. The van der Waals surface area contributed by atoms with Crippen molar-refractivity contribution in [1.29, 1.82) is 0 Å². The number of hydrogen-bond acceptors (Lipinski definition) is 4. The van der Waals surface area contributed by atoms with Crippen molar-refractivity contribution >= 4 is 11.9 Å². The number of carboxylic acids is 1. The molecule has 0 amide bonds. The van der Waals surface area contributed by atoms with Gasteiger partial charge in [0.1, 0.15) is 0 Å². The Hall–Kier alpha value is -1.62. The molecule has 5 heteroatoms. The molecule has 0 bridgehead atoms. The summed E-state index contributed by atoms with van der Waals surface area (Å²) in [5.41, 5.74) is 0.293. The van der Waals surface area contributed by atoms with Crippen LogP contribution in [0.15, 0.2) is 24.3 Å². The summed E-state index contributed by atoms with van der Waals surface area (Å²) in [6, 6.07) is 0. The SMILES string of the molecule is C=C(CCCOC(=O)C(=C)CC(C)O)C(=O)O. The first kappa shape index (κ1) is 15.4. The summed E-state index contributed by atoms with van der Waals surface area (Å²) in [7, 11) is 0. The molecule has 17 heavy (non-hydrogen) atoms. The normalized spacial score (nSPS) is 11.6. The molecule has 0 radical (unpaired) electrons. The Labute approximate surface area is 100 Å². The number of aliphatic carboxylic acids is 1. The van der Waals surface area contributed by atoms with Crippen LogP contribution in [0, 0.1) is 0 Å². The molecule has 0 aromatic carbocycles. The predicted octanol–water partition coefficient (Wildman–Crippen LogP) is 1.28. The van der Waals surface area contributed by atoms with Gasteiger partial charge in [-0.3, -0.25) is 0 Å². The molecule has 0 spiro atoms. The number of rotatable bonds is 8. The van der Waals surface area contributed by atoms with Crippen LogP contribution in [-0.4, -0.2) is 34.9 Å². The summed E-state index contributed by atoms with van der Waals surface area (Å²) < 4.78 is 4.85. The molecular weight excluding hydrogens is 224 g/mol. The van der Waals surface area contributed by atoms with Crippen LogP contribution in [0.5, 0.6) is 0 Å². The molecular formula is C12H18O5. The third-order valence-electron chi connectivity index (χ3n) is 1.99. The van der Waals surface area contributed by atoms with Crippen LogP contribution in [0.1, 0.15) is 26.2 Å². The summed E-state index contributed by atoms with van der Waals surface area (Å²) in [4.78, 5) is 21.7. The van der Waals surface area contributed by atoms with Gasteiger partial charge in [0.2, 0.25) is 0 Å². The second kappa shape index (κ2) is 7.62. The van der Waals surface area contributed by atoms with E-state index in [1.165, 1.54) is 0 Å². The zero-order chi connectivity index (χ0) is 13.4. The third-order valence-corrected chi connectivity index (χ3v) is 1.99. The van der Waals surface area contributed by atoms with Crippen LogP contribution in [-0.2, 0) is 14.3 Å². The maximum atomic E-state index is 11.3. The van der Waals surface area contributed by atoms with Crippen molar-refractivity contribution in [3.05, 3.63) is 24.3 Å². The first-order valence-electron chi connectivity index (χ1n) is 5.28. The van der Waals surface area contributed by atoms with Crippen LogP contribution in [0.3, 0.4) is 0 Å². The number of ether oxygens (including phenoxy) is 1. The molecule has 0 saturated carbocycles. The van der Waals surface area contributed by atoms with Gasteiger partial charge in [-0.2, -0.15) is 0 Å². The number of carbonyl (C=O) groups is 2. The second-order valence-corrected chi connectivity index (χ2v) is 3.80. The lowest BCUT2D eigenvalue weighted by molar-refractivity contribution is -0.139. The van der Waals surface area contributed by atoms with Gasteiger partial charge < -0.3 is 14.9 Å². The maximum Gasteiger partial charge on any atom is 0.333 e. The standard InChI is InChI=1S/C12H18O5/c1-8(11(14)15)5-4-6-17-12(16)9(2)7-10(3)13/h10,13H,1-2,4-7H2,3H3,(H,14,15). The van der Waals surface area contributed by atoms with E-state index < -0.39 is 18.0 Å². The minimum atomic E-state index is -1.05. The molecule has 0 aliphatic rings. The molecule has 0 aliphatic heterocycles. The highest BCUT2D eigenvalue weighted by atomic mass is 16.5. The topological polar surface area (TPSA) is 83.8 Å². The highest BCUT2D eigenvalue weighted by Gasteiger charge is 2.11. The van der Waals surface area contributed by atoms with Gasteiger partial charge in [-0.25, -0.2) is 9.59 Å². The van der Waals surface area contributed by atoms with Crippen molar-refractivity contribution in [2.45, 2.75) is 32.3 Å². The number of aliphatic hydroxyl groups is 1. The minimum Gasteiger partial charge on any atom is -0.478 e. The third kappa shape index (κ3) is 7.30. The quantitative estimate of drug-likeness (QED) is 0.380. The summed E-state index contributed by atoms with van der Waals surface area (Å²) in [5, 5.41) is 17.6. The number of hydrogen-bond donors (Lipinski definition) is 2. The Morgan fingerprint density at radius 1 is 1.29 bits per heavy atom. The Kier molecular flexibility index (Phi) is 6.89. The smallest absolute Gasteiger partial charge is 0.333 e. The highest BCUT2D eigenvalue weighted by Crippen LogP contribution is 2.07. The van der Waals surface area contributed by atoms with Crippen LogP contribution in [0.2, 0.25) is 0 Å². The van der Waals surface area contributed by atoms with Crippen molar-refractivity contribution in [2.75, 3.05) is 6.61 Å². The average molecular weight is 242 g/mol. The zero-order valence-electron chi connectivity index (χ0n) is 9.94. The van der Waals surface area contributed by atoms with Crippen molar-refractivity contribution in [2.24, 2.45) is 0 Å². The van der Waals surface area contributed by atoms with E-state index in [-0.39, 0.29) is 30.6 Å². The highest BCUT2D eigenvalue weighted by molar-refractivity contribution is 5.87. The van der Waals surface area contributed by atoms with Gasteiger partial charge in [0, 0.05) is 17.6 Å². The summed E-state index contributed by atoms with van der Waals surface area (Å²) in [6.45, 7) is 8.51. The largest absolute Gasteiger partial charge is 0.478 e. The summed E-state index contributed by atoms with van der Waals surface area (Å²) in [5.74, 6) is -1.61. The predicted molar refractivity (Wildman–Crippen MR) is 62.4 cm³/mol. The first-order chi connectivity index (χ1) is 7.84. The molecule has 0 aliphatic carbocycles. The second-order valence-electron chi connectivity index (χ2n) is 3.80. The fraction of sp³-hybridized carbons (Fsp3) is 0.500. The van der Waals surface area contributed by atoms with Gasteiger partial charge in [-0.15, -0.1) is 0 Å². The number of esters is 1. The Bertz CT molecular complexity index is 317. The van der Waals surface area contributed by atoms with E-state index in [0.29, 0.717) is 6.42 Å². The zero-order valence-corrected chi connectivity index (χ0v) is 9.94. The van der Waals surface area contributed by atoms with Crippen molar-refractivity contribution in [1.82, 2.24) is 0 Å². The van der Waals surface area contributed by atoms with Crippen molar-refractivity contribution < 1.29 is 24.5 Å². The van der Waals surface area contributed by atoms with Gasteiger partial charge >= 0.3 is 11.9 Å². The minimum absolute atomic E-state index is 0.0869. The molecule has 0 fully saturated rings. The molecule has 5 nitrogen and oxygen atoms in total. The van der Waals surface area contributed by atoms with Gasteiger partial charge in [0.05, 0.1) is 12.7 Å². The van der Waals surface area contributed by atoms with Crippen LogP contribution >= 0.6 is 0 Å². The van der Waals surface area contributed by atoms with E-state index in [0.717, 1.165) is 0 Å². The Morgan fingerprint density at radius 3 is 2.35 bits per heavy atom. The number of carboxylic acid groups (broad SMARTS) is 1. The first-order valence-corrected chi connectivity index (χ1v) is 5.28. The monoisotopic (exact) mass is 242 g/mol. The fourth-order valence-corrected chi connectivity index (χ4v) is 1.10. The summed E-state index contributed by atoms with van der Waals surface area (Å²) >= 11 is 0. The average Bonchev–Trinajstić information content (AvgIpc) is 2.22. The molecule has 0 aromatic heterocycles. The Balaban J connectivity index is 3.75. The molecule has 0 saturated heterocycles. The molecule has 1 atom stereocenters. The molecule has 0 heterocycles. The lowest BCUT2D eigenvalue weighted by Crippen LogP contribution is -2.13. The number of carbonyl (C=O) groups excluding carboxylic acids is 1. The van der Waals surface area contributed by atoms with Crippen molar-refractivity contribution in [3.8, 4) is 0 Å². The summed E-state index contributed by atoms with van der Waals surface area (Å²) in [6.07, 6.45) is 0.201. The molecule has 1 unspecified atom stereocenters. The maximum absolute atomic E-state index is 11.3. The molecule has 2 N–H and O–H groups in total. The van der Waals surface area contributed by atoms with Gasteiger partial charge in [-0.05, 0) is 19.8 Å². The fourth-order valence-electron chi connectivity index (χ4n) is 1.10. The molecule has 0 rings (SSSR count). The van der Waals surface area contributed by atoms with Gasteiger partial charge in [-0.1, -0.05) is 13.2 Å². The van der Waals surface area contributed by atoms with Crippen LogP contribution in [0.25, 0.3) is 0 Å². The van der Waals surface area contributed by atoms with Crippen LogP contribution in [0.4, 0.5) is 0 Å². The molecule has 96 valence electrons. The van der Waals surface area contributed by atoms with Gasteiger partial charge in [0.25, 0.3) is 0 Å². The van der Waals surface area contributed by atoms with E-state index in [4.69, 9.17) is 14.9 Å².